The van der Waals surface area contributed by atoms with Crippen LogP contribution >= 0.6 is 12.4 Å². The average molecular weight is 331 g/mol. The zero-order valence-corrected chi connectivity index (χ0v) is 13.5. The van der Waals surface area contributed by atoms with Gasteiger partial charge in [-0.15, -0.1) is 12.4 Å². The Labute approximate surface area is 136 Å². The summed E-state index contributed by atoms with van der Waals surface area (Å²) < 4.78 is 5.01. The number of carbonyl (C=O) groups excluding carboxylic acids is 2. The van der Waals surface area contributed by atoms with Crippen molar-refractivity contribution in [1.82, 2.24) is 4.90 Å². The molecule has 0 aliphatic rings. The van der Waals surface area contributed by atoms with Gasteiger partial charge in [-0.1, -0.05) is 18.6 Å². The molecule has 3 N–H and O–H groups in total. The molecule has 7 heteroatoms. The first-order valence-electron chi connectivity index (χ1n) is 6.95. The first kappa shape index (κ1) is 20.2. The van der Waals surface area contributed by atoms with E-state index in [1.807, 2.05) is 0 Å². The minimum absolute atomic E-state index is 0. The third-order valence-corrected chi connectivity index (χ3v) is 3.03. The number of aromatic hydroxyl groups is 1. The number of hydrogen-bond acceptors (Lipinski definition) is 5. The number of hydrogen-bond donors (Lipinski definition) is 2. The molecule has 22 heavy (non-hydrogen) atoms. The van der Waals surface area contributed by atoms with Crippen LogP contribution in [0.3, 0.4) is 0 Å². The third-order valence-electron chi connectivity index (χ3n) is 3.03. The number of carbonyl (C=O) groups is 2. The van der Waals surface area contributed by atoms with Gasteiger partial charge in [0.15, 0.2) is 6.73 Å². The van der Waals surface area contributed by atoms with Crippen LogP contribution in [0.15, 0.2) is 24.3 Å². The van der Waals surface area contributed by atoms with Crippen LogP contribution in [0.2, 0.25) is 0 Å². The van der Waals surface area contributed by atoms with Crippen LogP contribution in [-0.2, 0) is 9.53 Å². The monoisotopic (exact) mass is 330 g/mol. The van der Waals surface area contributed by atoms with E-state index in [4.69, 9.17) is 10.5 Å². The lowest BCUT2D eigenvalue weighted by atomic mass is 10.2. The molecular weight excluding hydrogens is 308 g/mol. The summed E-state index contributed by atoms with van der Waals surface area (Å²) in [4.78, 5) is 24.9. The molecule has 1 rings (SSSR count). The van der Waals surface area contributed by atoms with Crippen molar-refractivity contribution in [2.75, 3.05) is 20.3 Å². The van der Waals surface area contributed by atoms with E-state index in [-0.39, 0.29) is 36.4 Å². The summed E-state index contributed by atoms with van der Waals surface area (Å²) in [6.45, 7) is 0.491. The molecule has 1 aromatic carbocycles. The van der Waals surface area contributed by atoms with Gasteiger partial charge < -0.3 is 20.5 Å². The van der Waals surface area contributed by atoms with Gasteiger partial charge in [0, 0.05) is 13.5 Å². The number of amides is 1. The number of rotatable bonds is 8. The van der Waals surface area contributed by atoms with Gasteiger partial charge in [0.1, 0.15) is 11.3 Å². The lowest BCUT2D eigenvalue weighted by molar-refractivity contribution is -0.133. The van der Waals surface area contributed by atoms with E-state index in [9.17, 15) is 14.7 Å². The Hall–Kier alpha value is -1.79. The van der Waals surface area contributed by atoms with E-state index >= 15 is 0 Å². The standard InChI is InChI=1S/C15H22N2O4.ClH/c1-17(14(19)9-3-2-6-10-16)11-21-15(20)12-7-4-5-8-13(12)18;/h4-5,7-8,18H,2-3,6,9-11,16H2,1H3;1H. The Bertz CT molecular complexity index is 482. The van der Waals surface area contributed by atoms with Crippen molar-refractivity contribution < 1.29 is 19.4 Å². The van der Waals surface area contributed by atoms with Gasteiger partial charge in [-0.2, -0.15) is 0 Å². The Balaban J connectivity index is 0.00000441. The van der Waals surface area contributed by atoms with E-state index in [0.717, 1.165) is 19.3 Å². The lowest BCUT2D eigenvalue weighted by Crippen LogP contribution is -2.30. The second-order valence-corrected chi connectivity index (χ2v) is 4.77. The van der Waals surface area contributed by atoms with Crippen LogP contribution in [0.25, 0.3) is 0 Å². The number of esters is 1. The number of phenols is 1. The lowest BCUT2D eigenvalue weighted by Gasteiger charge is -2.17. The molecular formula is C15H23ClN2O4. The summed E-state index contributed by atoms with van der Waals surface area (Å²) in [6, 6.07) is 6.11. The fraction of sp³-hybridized carbons (Fsp3) is 0.467. The molecule has 0 radical (unpaired) electrons. The number of nitrogens with two attached hydrogens (primary N) is 1. The molecule has 0 aliphatic heterocycles. The average Bonchev–Trinajstić information content (AvgIpc) is 2.49. The van der Waals surface area contributed by atoms with Gasteiger partial charge in [0.05, 0.1) is 0 Å². The highest BCUT2D eigenvalue weighted by Crippen LogP contribution is 2.16. The first-order valence-corrected chi connectivity index (χ1v) is 6.95. The summed E-state index contributed by atoms with van der Waals surface area (Å²) >= 11 is 0. The SMILES string of the molecule is CN(COC(=O)c1ccccc1O)C(=O)CCCCCN.Cl. The highest BCUT2D eigenvalue weighted by molar-refractivity contribution is 5.92. The van der Waals surface area contributed by atoms with Crippen molar-refractivity contribution in [3.8, 4) is 5.75 Å². The number of halogens is 1. The Morgan fingerprint density at radius 1 is 1.23 bits per heavy atom. The second kappa shape index (κ2) is 10.9. The molecule has 0 saturated heterocycles. The topological polar surface area (TPSA) is 92.9 Å². The maximum Gasteiger partial charge on any atom is 0.343 e. The predicted molar refractivity (Wildman–Crippen MR) is 85.9 cm³/mol. The van der Waals surface area contributed by atoms with Gasteiger partial charge in [-0.05, 0) is 31.5 Å². The second-order valence-electron chi connectivity index (χ2n) is 4.77. The normalized spacial score (nSPS) is 9.73. The molecule has 0 heterocycles. The molecule has 0 aliphatic carbocycles. The van der Waals surface area contributed by atoms with Gasteiger partial charge in [0.2, 0.25) is 5.91 Å². The van der Waals surface area contributed by atoms with Gasteiger partial charge in [0.25, 0.3) is 0 Å². The van der Waals surface area contributed by atoms with Crippen molar-refractivity contribution >= 4 is 24.3 Å². The molecule has 0 bridgehead atoms. The summed E-state index contributed by atoms with van der Waals surface area (Å²) in [6.07, 6.45) is 2.99. The molecule has 0 spiro atoms. The minimum atomic E-state index is -0.657. The molecule has 0 unspecified atom stereocenters. The molecule has 0 atom stereocenters. The molecule has 0 saturated carbocycles. The highest BCUT2D eigenvalue weighted by atomic mass is 35.5. The molecule has 124 valence electrons. The van der Waals surface area contributed by atoms with Gasteiger partial charge in [-0.3, -0.25) is 4.79 Å². The predicted octanol–water partition coefficient (Wildman–Crippen LogP) is 1.91. The fourth-order valence-corrected chi connectivity index (χ4v) is 1.74. The number of unbranched alkanes of at least 4 members (excludes halogenated alkanes) is 2. The van der Waals surface area contributed by atoms with Crippen molar-refractivity contribution in [2.45, 2.75) is 25.7 Å². The van der Waals surface area contributed by atoms with Gasteiger partial charge in [-0.25, -0.2) is 4.79 Å². The van der Waals surface area contributed by atoms with Crippen molar-refractivity contribution in [1.29, 1.82) is 0 Å². The Morgan fingerprint density at radius 2 is 1.91 bits per heavy atom. The zero-order chi connectivity index (χ0) is 15.7. The van der Waals surface area contributed by atoms with E-state index in [1.54, 1.807) is 19.2 Å². The van der Waals surface area contributed by atoms with Crippen LogP contribution in [0.5, 0.6) is 5.75 Å². The summed E-state index contributed by atoms with van der Waals surface area (Å²) in [5.74, 6) is -0.883. The number of para-hydroxylation sites is 1. The number of ether oxygens (including phenoxy) is 1. The van der Waals surface area contributed by atoms with Crippen molar-refractivity contribution in [2.24, 2.45) is 5.73 Å². The fourth-order valence-electron chi connectivity index (χ4n) is 1.74. The maximum absolute atomic E-state index is 11.8. The molecule has 0 fully saturated rings. The smallest absolute Gasteiger partial charge is 0.343 e. The van der Waals surface area contributed by atoms with Crippen molar-refractivity contribution in [3.63, 3.8) is 0 Å². The number of nitrogens with zero attached hydrogens (tertiary/aromatic N) is 1. The first-order chi connectivity index (χ1) is 10.1. The van der Waals surface area contributed by atoms with E-state index in [0.29, 0.717) is 13.0 Å². The van der Waals surface area contributed by atoms with Crippen LogP contribution < -0.4 is 5.73 Å². The molecule has 0 aromatic heterocycles. The third kappa shape index (κ3) is 6.78. The van der Waals surface area contributed by atoms with Crippen LogP contribution in [0.1, 0.15) is 36.0 Å². The van der Waals surface area contributed by atoms with Crippen LogP contribution in [0.4, 0.5) is 0 Å². The van der Waals surface area contributed by atoms with Crippen molar-refractivity contribution in [3.05, 3.63) is 29.8 Å². The van der Waals surface area contributed by atoms with Crippen LogP contribution in [-0.4, -0.2) is 42.2 Å². The highest BCUT2D eigenvalue weighted by Gasteiger charge is 2.14. The van der Waals surface area contributed by atoms with E-state index < -0.39 is 5.97 Å². The molecule has 1 aromatic rings. The molecule has 1 amide bonds. The Morgan fingerprint density at radius 3 is 2.55 bits per heavy atom. The number of benzene rings is 1. The summed E-state index contributed by atoms with van der Waals surface area (Å²) in [7, 11) is 1.57. The zero-order valence-electron chi connectivity index (χ0n) is 12.7. The minimum Gasteiger partial charge on any atom is -0.507 e. The largest absolute Gasteiger partial charge is 0.507 e. The Kier molecular flexibility index (Phi) is 9.98. The van der Waals surface area contributed by atoms with Crippen LogP contribution in [0, 0.1) is 0 Å². The molecule has 6 nitrogen and oxygen atoms in total. The number of phenolic OH excluding ortho intramolecular Hbond substituents is 1. The summed E-state index contributed by atoms with van der Waals surface area (Å²) in [5.41, 5.74) is 5.46. The van der Waals surface area contributed by atoms with E-state index in [2.05, 4.69) is 0 Å². The summed E-state index contributed by atoms with van der Waals surface area (Å²) in [5, 5.41) is 9.53. The maximum atomic E-state index is 11.8. The van der Waals surface area contributed by atoms with Gasteiger partial charge >= 0.3 is 5.97 Å². The van der Waals surface area contributed by atoms with E-state index in [1.165, 1.54) is 17.0 Å². The quantitative estimate of drug-likeness (QED) is 0.431.